The highest BCUT2D eigenvalue weighted by Crippen LogP contribution is 2.22. The van der Waals surface area contributed by atoms with Gasteiger partial charge in [-0.05, 0) is 30.3 Å². The van der Waals surface area contributed by atoms with Gasteiger partial charge in [0.15, 0.2) is 5.69 Å². The van der Waals surface area contributed by atoms with Crippen LogP contribution in [0.1, 0.15) is 10.5 Å². The lowest BCUT2D eigenvalue weighted by Crippen LogP contribution is -2.01. The van der Waals surface area contributed by atoms with Crippen LogP contribution in [0.15, 0.2) is 30.3 Å². The number of aromatic carboxylic acids is 1. The number of nitrogens with zero attached hydrogens (tertiary/aromatic N) is 2. The molecule has 0 aliphatic heterocycles. The van der Waals surface area contributed by atoms with Crippen molar-refractivity contribution in [3.05, 3.63) is 36.0 Å². The molecule has 1 heterocycles. The number of carboxylic acid groups (broad SMARTS) is 1. The van der Waals surface area contributed by atoms with Gasteiger partial charge in [-0.15, -0.1) is 0 Å². The van der Waals surface area contributed by atoms with Crippen molar-refractivity contribution in [1.29, 1.82) is 0 Å². The Balaban J connectivity index is 2.24. The van der Waals surface area contributed by atoms with E-state index in [1.54, 1.807) is 19.2 Å². The molecule has 19 heavy (non-hydrogen) atoms. The van der Waals surface area contributed by atoms with E-state index in [2.05, 4.69) is 5.10 Å². The average Bonchev–Trinajstić information content (AvgIpc) is 2.79. The van der Waals surface area contributed by atoms with Gasteiger partial charge in [0.1, 0.15) is 12.4 Å². The first-order valence-corrected chi connectivity index (χ1v) is 5.73. The van der Waals surface area contributed by atoms with E-state index in [0.717, 1.165) is 5.56 Å². The number of carboxylic acids is 1. The highest BCUT2D eigenvalue weighted by atomic mass is 16.5. The molecule has 0 radical (unpaired) electrons. The van der Waals surface area contributed by atoms with Crippen molar-refractivity contribution in [3.63, 3.8) is 0 Å². The number of benzene rings is 1. The number of carbonyl (C=O) groups is 1. The molecule has 1 aromatic carbocycles. The average molecular weight is 262 g/mol. The number of aromatic nitrogens is 2. The lowest BCUT2D eigenvalue weighted by atomic mass is 10.1. The molecule has 0 aliphatic carbocycles. The molecule has 0 saturated heterocycles. The molecule has 2 aromatic rings. The van der Waals surface area contributed by atoms with Crippen LogP contribution in [0.25, 0.3) is 11.3 Å². The first kappa shape index (κ1) is 13.1. The van der Waals surface area contributed by atoms with E-state index >= 15 is 0 Å². The molecule has 6 nitrogen and oxygen atoms in total. The van der Waals surface area contributed by atoms with Crippen molar-refractivity contribution in [2.45, 2.75) is 0 Å². The van der Waals surface area contributed by atoms with Gasteiger partial charge in [0.2, 0.25) is 0 Å². The Labute approximate surface area is 109 Å². The van der Waals surface area contributed by atoms with Gasteiger partial charge < -0.3 is 14.9 Å². The standard InChI is InChI=1S/C13H14N2O4/c1-15-12(8-11(14-15)13(17)18)9-2-4-10(5-3-9)19-7-6-16/h2-5,8,16H,6-7H2,1H3,(H,17,18). The van der Waals surface area contributed by atoms with Crippen LogP contribution in [0.4, 0.5) is 0 Å². The summed E-state index contributed by atoms with van der Waals surface area (Å²) >= 11 is 0. The molecule has 100 valence electrons. The number of ether oxygens (including phenoxy) is 1. The van der Waals surface area contributed by atoms with Crippen molar-refractivity contribution in [3.8, 4) is 17.0 Å². The van der Waals surface area contributed by atoms with Gasteiger partial charge in [0.05, 0.1) is 12.3 Å². The summed E-state index contributed by atoms with van der Waals surface area (Å²) in [6.07, 6.45) is 0. The molecule has 0 bridgehead atoms. The third-order valence-electron chi connectivity index (χ3n) is 2.61. The van der Waals surface area contributed by atoms with Gasteiger partial charge in [-0.2, -0.15) is 5.10 Å². The maximum Gasteiger partial charge on any atom is 0.356 e. The van der Waals surface area contributed by atoms with Crippen LogP contribution in [0.5, 0.6) is 5.75 Å². The van der Waals surface area contributed by atoms with Gasteiger partial charge in [-0.25, -0.2) is 4.79 Å². The molecule has 2 N–H and O–H groups in total. The number of aliphatic hydroxyl groups is 1. The minimum absolute atomic E-state index is 0.0121. The van der Waals surface area contributed by atoms with Crippen molar-refractivity contribution < 1.29 is 19.7 Å². The SMILES string of the molecule is Cn1nc(C(=O)O)cc1-c1ccc(OCCO)cc1. The maximum atomic E-state index is 10.9. The summed E-state index contributed by atoms with van der Waals surface area (Å²) in [5.74, 6) is -0.400. The zero-order chi connectivity index (χ0) is 13.8. The van der Waals surface area contributed by atoms with E-state index in [9.17, 15) is 4.79 Å². The van der Waals surface area contributed by atoms with Gasteiger partial charge in [-0.1, -0.05) is 0 Å². The fraction of sp³-hybridized carbons (Fsp3) is 0.231. The van der Waals surface area contributed by atoms with Crippen molar-refractivity contribution >= 4 is 5.97 Å². The fourth-order valence-corrected chi connectivity index (χ4v) is 1.73. The number of rotatable bonds is 5. The number of hydrogen-bond donors (Lipinski definition) is 2. The second-order valence-electron chi connectivity index (χ2n) is 3.94. The Morgan fingerprint density at radius 2 is 2.05 bits per heavy atom. The summed E-state index contributed by atoms with van der Waals surface area (Å²) in [5.41, 5.74) is 1.57. The van der Waals surface area contributed by atoms with E-state index in [1.807, 2.05) is 12.1 Å². The predicted molar refractivity (Wildman–Crippen MR) is 68.2 cm³/mol. The molecule has 0 aliphatic rings. The van der Waals surface area contributed by atoms with E-state index in [0.29, 0.717) is 11.4 Å². The fourth-order valence-electron chi connectivity index (χ4n) is 1.73. The van der Waals surface area contributed by atoms with Crippen LogP contribution in [0.3, 0.4) is 0 Å². The normalized spacial score (nSPS) is 10.4. The summed E-state index contributed by atoms with van der Waals surface area (Å²) in [7, 11) is 1.69. The Morgan fingerprint density at radius 1 is 1.37 bits per heavy atom. The Kier molecular flexibility index (Phi) is 3.82. The zero-order valence-electron chi connectivity index (χ0n) is 10.4. The predicted octanol–water partition coefficient (Wildman–Crippen LogP) is 1.16. The molecule has 2 rings (SSSR count). The number of aryl methyl sites for hydroxylation is 1. The second-order valence-corrected chi connectivity index (χ2v) is 3.94. The lowest BCUT2D eigenvalue weighted by molar-refractivity contribution is 0.0689. The number of hydrogen-bond acceptors (Lipinski definition) is 4. The van der Waals surface area contributed by atoms with E-state index in [1.165, 1.54) is 10.7 Å². The van der Waals surface area contributed by atoms with Crippen LogP contribution in [0.2, 0.25) is 0 Å². The summed E-state index contributed by atoms with van der Waals surface area (Å²) in [4.78, 5) is 10.9. The third-order valence-corrected chi connectivity index (χ3v) is 2.61. The summed E-state index contributed by atoms with van der Waals surface area (Å²) in [6, 6.07) is 8.67. The Morgan fingerprint density at radius 3 is 2.58 bits per heavy atom. The zero-order valence-corrected chi connectivity index (χ0v) is 10.4. The van der Waals surface area contributed by atoms with Crippen LogP contribution in [-0.4, -0.2) is 39.2 Å². The van der Waals surface area contributed by atoms with Gasteiger partial charge in [0, 0.05) is 12.6 Å². The minimum Gasteiger partial charge on any atom is -0.491 e. The quantitative estimate of drug-likeness (QED) is 0.844. The molecule has 0 amide bonds. The second kappa shape index (κ2) is 5.53. The number of aliphatic hydroxyl groups excluding tert-OH is 1. The van der Waals surface area contributed by atoms with Gasteiger partial charge in [0.25, 0.3) is 0 Å². The summed E-state index contributed by atoms with van der Waals surface area (Å²) in [6.45, 7) is 0.208. The third kappa shape index (κ3) is 2.92. The molecule has 0 atom stereocenters. The van der Waals surface area contributed by atoms with Crippen molar-refractivity contribution in [1.82, 2.24) is 9.78 Å². The van der Waals surface area contributed by atoms with E-state index < -0.39 is 5.97 Å². The van der Waals surface area contributed by atoms with Crippen molar-refractivity contribution in [2.75, 3.05) is 13.2 Å². The molecular weight excluding hydrogens is 248 g/mol. The molecule has 0 fully saturated rings. The minimum atomic E-state index is -1.05. The molecule has 1 aromatic heterocycles. The Bertz CT molecular complexity index is 575. The molecular formula is C13H14N2O4. The highest BCUT2D eigenvalue weighted by molar-refractivity contribution is 5.87. The monoisotopic (exact) mass is 262 g/mol. The lowest BCUT2D eigenvalue weighted by Gasteiger charge is -2.05. The van der Waals surface area contributed by atoms with Crippen LogP contribution in [-0.2, 0) is 7.05 Å². The molecule has 0 saturated carbocycles. The van der Waals surface area contributed by atoms with Crippen LogP contribution < -0.4 is 4.74 Å². The molecule has 0 spiro atoms. The molecule has 0 unspecified atom stereocenters. The largest absolute Gasteiger partial charge is 0.491 e. The molecule has 6 heteroatoms. The highest BCUT2D eigenvalue weighted by Gasteiger charge is 2.12. The van der Waals surface area contributed by atoms with Gasteiger partial charge >= 0.3 is 5.97 Å². The topological polar surface area (TPSA) is 84.6 Å². The van der Waals surface area contributed by atoms with Crippen LogP contribution >= 0.6 is 0 Å². The Hall–Kier alpha value is -2.34. The maximum absolute atomic E-state index is 10.9. The van der Waals surface area contributed by atoms with Gasteiger partial charge in [-0.3, -0.25) is 4.68 Å². The first-order chi connectivity index (χ1) is 9.11. The van der Waals surface area contributed by atoms with Crippen LogP contribution in [0, 0.1) is 0 Å². The smallest absolute Gasteiger partial charge is 0.356 e. The summed E-state index contributed by atoms with van der Waals surface area (Å²) < 4.78 is 6.77. The summed E-state index contributed by atoms with van der Waals surface area (Å²) in [5, 5.41) is 21.5. The van der Waals surface area contributed by atoms with E-state index in [-0.39, 0.29) is 18.9 Å². The van der Waals surface area contributed by atoms with Crippen molar-refractivity contribution in [2.24, 2.45) is 7.05 Å². The first-order valence-electron chi connectivity index (χ1n) is 5.73. The van der Waals surface area contributed by atoms with E-state index in [4.69, 9.17) is 14.9 Å².